The fourth-order valence-corrected chi connectivity index (χ4v) is 1.92. The molecule has 5 heteroatoms. The van der Waals surface area contributed by atoms with E-state index in [1.54, 1.807) is 23.7 Å². The molecule has 2 aromatic rings. The molecule has 0 aliphatic carbocycles. The highest BCUT2D eigenvalue weighted by Gasteiger charge is 2.01. The van der Waals surface area contributed by atoms with Gasteiger partial charge in [0, 0.05) is 18.9 Å². The molecule has 2 aromatic heterocycles. The molecule has 0 saturated heterocycles. The van der Waals surface area contributed by atoms with E-state index >= 15 is 0 Å². The fourth-order valence-electron chi connectivity index (χ4n) is 1.22. The van der Waals surface area contributed by atoms with Crippen LogP contribution in [-0.2, 0) is 6.42 Å². The molecule has 0 fully saturated rings. The predicted molar refractivity (Wildman–Crippen MR) is 59.0 cm³/mol. The average Bonchev–Trinajstić information content (AvgIpc) is 2.90. The molecule has 4 nitrogen and oxygen atoms in total. The van der Waals surface area contributed by atoms with E-state index in [1.165, 1.54) is 16.5 Å². The van der Waals surface area contributed by atoms with Crippen molar-refractivity contribution in [3.8, 4) is 0 Å². The number of hydrogen-bond acceptors (Lipinski definition) is 3. The highest BCUT2D eigenvalue weighted by atomic mass is 32.1. The number of nitrogens with zero attached hydrogens (tertiary/aromatic N) is 2. The number of thiophene rings is 1. The van der Waals surface area contributed by atoms with Crippen molar-refractivity contribution in [1.82, 2.24) is 14.9 Å². The van der Waals surface area contributed by atoms with Crippen LogP contribution in [0.4, 0.5) is 4.79 Å². The molecule has 0 atom stereocenters. The molecule has 0 bridgehead atoms. The fraction of sp³-hybridized carbons (Fsp3) is 0.200. The lowest BCUT2D eigenvalue weighted by molar-refractivity contribution is 0.242. The summed E-state index contributed by atoms with van der Waals surface area (Å²) in [4.78, 5) is 15.3. The van der Waals surface area contributed by atoms with Crippen LogP contribution >= 0.6 is 11.3 Å². The highest BCUT2D eigenvalue weighted by molar-refractivity contribution is 7.07. The van der Waals surface area contributed by atoms with Crippen molar-refractivity contribution in [1.29, 1.82) is 0 Å². The van der Waals surface area contributed by atoms with Gasteiger partial charge in [0.05, 0.1) is 0 Å². The Bertz CT molecular complexity index is 408. The number of imidazole rings is 1. The molecule has 0 radical (unpaired) electrons. The molecule has 0 spiro atoms. The molecule has 78 valence electrons. The number of hydrogen-bond donors (Lipinski definition) is 1. The van der Waals surface area contributed by atoms with E-state index in [2.05, 4.69) is 21.7 Å². The number of carbonyl (C=O) groups is 1. The van der Waals surface area contributed by atoms with Crippen LogP contribution in [0, 0.1) is 0 Å². The van der Waals surface area contributed by atoms with Crippen molar-refractivity contribution in [2.45, 2.75) is 6.42 Å². The molecule has 0 aliphatic rings. The lowest BCUT2D eigenvalue weighted by Crippen LogP contribution is -2.29. The van der Waals surface area contributed by atoms with Gasteiger partial charge in [-0.25, -0.2) is 9.78 Å². The maximum Gasteiger partial charge on any atom is 0.326 e. The van der Waals surface area contributed by atoms with Crippen molar-refractivity contribution in [3.05, 3.63) is 41.1 Å². The van der Waals surface area contributed by atoms with E-state index in [9.17, 15) is 4.79 Å². The minimum atomic E-state index is -0.136. The summed E-state index contributed by atoms with van der Waals surface area (Å²) in [6, 6.07) is 1.93. The second-order valence-corrected chi connectivity index (χ2v) is 3.86. The molecule has 0 aromatic carbocycles. The van der Waals surface area contributed by atoms with Crippen LogP contribution in [0.25, 0.3) is 0 Å². The van der Waals surface area contributed by atoms with Gasteiger partial charge in [-0.15, -0.1) is 0 Å². The first kappa shape index (κ1) is 9.92. The number of rotatable bonds is 3. The van der Waals surface area contributed by atoms with Crippen LogP contribution in [0.3, 0.4) is 0 Å². The largest absolute Gasteiger partial charge is 0.337 e. The Morgan fingerprint density at radius 2 is 2.53 bits per heavy atom. The van der Waals surface area contributed by atoms with Crippen LogP contribution < -0.4 is 5.32 Å². The minimum Gasteiger partial charge on any atom is -0.337 e. The van der Waals surface area contributed by atoms with E-state index in [0.29, 0.717) is 6.54 Å². The smallest absolute Gasteiger partial charge is 0.326 e. The third kappa shape index (κ3) is 2.66. The number of aromatic nitrogens is 2. The van der Waals surface area contributed by atoms with Gasteiger partial charge in [0.2, 0.25) is 0 Å². The zero-order valence-corrected chi connectivity index (χ0v) is 8.91. The van der Waals surface area contributed by atoms with Crippen molar-refractivity contribution in [3.63, 3.8) is 0 Å². The van der Waals surface area contributed by atoms with Gasteiger partial charge in [0.25, 0.3) is 0 Å². The van der Waals surface area contributed by atoms with E-state index in [4.69, 9.17) is 0 Å². The maximum absolute atomic E-state index is 11.4. The summed E-state index contributed by atoms with van der Waals surface area (Å²) < 4.78 is 1.42. The van der Waals surface area contributed by atoms with Crippen molar-refractivity contribution in [2.24, 2.45) is 0 Å². The topological polar surface area (TPSA) is 46.9 Å². The highest BCUT2D eigenvalue weighted by Crippen LogP contribution is 2.05. The standard InChI is InChI=1S/C10H11N3OS/c14-10(13-5-4-11-8-13)12-3-1-9-2-6-15-7-9/h2,4-8H,1,3H2,(H,12,14). The molecule has 1 amide bonds. The first-order valence-corrected chi connectivity index (χ1v) is 5.58. The lowest BCUT2D eigenvalue weighted by Gasteiger charge is -2.03. The quantitative estimate of drug-likeness (QED) is 0.858. The Hall–Kier alpha value is -1.62. The zero-order chi connectivity index (χ0) is 10.5. The maximum atomic E-state index is 11.4. The summed E-state index contributed by atoms with van der Waals surface area (Å²) >= 11 is 1.67. The zero-order valence-electron chi connectivity index (χ0n) is 8.09. The monoisotopic (exact) mass is 221 g/mol. The normalized spacial score (nSPS) is 10.1. The van der Waals surface area contributed by atoms with Crippen LogP contribution in [0.2, 0.25) is 0 Å². The Morgan fingerprint density at radius 3 is 3.20 bits per heavy atom. The third-order valence-corrected chi connectivity index (χ3v) is 2.74. The molecule has 0 aliphatic heterocycles. The summed E-state index contributed by atoms with van der Waals surface area (Å²) in [6.45, 7) is 0.647. The SMILES string of the molecule is O=C(NCCc1ccsc1)n1ccnc1. The summed E-state index contributed by atoms with van der Waals surface area (Å²) in [5, 5.41) is 6.93. The molecular formula is C10H11N3OS. The molecule has 1 N–H and O–H groups in total. The van der Waals surface area contributed by atoms with Gasteiger partial charge in [-0.2, -0.15) is 11.3 Å². The predicted octanol–water partition coefficient (Wildman–Crippen LogP) is 1.75. The van der Waals surface area contributed by atoms with Crippen molar-refractivity contribution < 1.29 is 4.79 Å². The van der Waals surface area contributed by atoms with Gasteiger partial charge in [-0.1, -0.05) is 0 Å². The van der Waals surface area contributed by atoms with E-state index in [1.807, 2.05) is 5.38 Å². The van der Waals surface area contributed by atoms with Crippen LogP contribution in [0.15, 0.2) is 35.5 Å². The first-order valence-electron chi connectivity index (χ1n) is 4.63. The van der Waals surface area contributed by atoms with Crippen molar-refractivity contribution in [2.75, 3.05) is 6.54 Å². The van der Waals surface area contributed by atoms with Gasteiger partial charge in [0.15, 0.2) is 0 Å². The Labute approximate surface area is 91.6 Å². The number of carbonyl (C=O) groups excluding carboxylic acids is 1. The molecule has 2 heterocycles. The van der Waals surface area contributed by atoms with Crippen LogP contribution in [0.1, 0.15) is 5.56 Å². The molecule has 0 unspecified atom stereocenters. The Morgan fingerprint density at radius 1 is 1.60 bits per heavy atom. The minimum absolute atomic E-state index is 0.136. The first-order chi connectivity index (χ1) is 7.36. The summed E-state index contributed by atoms with van der Waals surface area (Å²) in [7, 11) is 0. The van der Waals surface area contributed by atoms with Gasteiger partial charge in [0.1, 0.15) is 6.33 Å². The summed E-state index contributed by atoms with van der Waals surface area (Å²) in [5.41, 5.74) is 1.26. The van der Waals surface area contributed by atoms with Gasteiger partial charge >= 0.3 is 6.03 Å². The van der Waals surface area contributed by atoms with Gasteiger partial charge < -0.3 is 5.32 Å². The van der Waals surface area contributed by atoms with Crippen LogP contribution in [0.5, 0.6) is 0 Å². The van der Waals surface area contributed by atoms with E-state index in [0.717, 1.165) is 6.42 Å². The number of nitrogens with one attached hydrogen (secondary N) is 1. The second kappa shape index (κ2) is 4.75. The van der Waals surface area contributed by atoms with Crippen molar-refractivity contribution >= 4 is 17.4 Å². The Balaban J connectivity index is 1.77. The molecule has 0 saturated carbocycles. The second-order valence-electron chi connectivity index (χ2n) is 3.08. The van der Waals surface area contributed by atoms with E-state index < -0.39 is 0 Å². The molecule has 2 rings (SSSR count). The van der Waals surface area contributed by atoms with E-state index in [-0.39, 0.29) is 6.03 Å². The molecule has 15 heavy (non-hydrogen) atoms. The average molecular weight is 221 g/mol. The van der Waals surface area contributed by atoms with Gasteiger partial charge in [-0.3, -0.25) is 4.57 Å². The van der Waals surface area contributed by atoms with Crippen LogP contribution in [-0.4, -0.2) is 22.1 Å². The van der Waals surface area contributed by atoms with Gasteiger partial charge in [-0.05, 0) is 28.8 Å². The summed E-state index contributed by atoms with van der Waals surface area (Å²) in [6.07, 6.45) is 5.56. The lowest BCUT2D eigenvalue weighted by atomic mass is 10.2. The summed E-state index contributed by atoms with van der Waals surface area (Å²) in [5.74, 6) is 0. The molecular weight excluding hydrogens is 210 g/mol. The number of amides is 1. The third-order valence-electron chi connectivity index (χ3n) is 2.01. The Kier molecular flexibility index (Phi) is 3.14.